The molecule has 0 bridgehead atoms. The van der Waals surface area contributed by atoms with Crippen molar-refractivity contribution in [3.05, 3.63) is 138 Å². The molecule has 7 rings (SSSR count). The highest BCUT2D eigenvalue weighted by molar-refractivity contribution is 9.10. The van der Waals surface area contributed by atoms with Crippen molar-refractivity contribution < 1.29 is 16.6 Å². The van der Waals surface area contributed by atoms with E-state index in [1.165, 1.54) is 31.7 Å². The lowest BCUT2D eigenvalue weighted by molar-refractivity contribution is -0.770. The first-order valence-electron chi connectivity index (χ1n) is 14.1. The molecule has 0 saturated heterocycles. The lowest BCUT2D eigenvalue weighted by atomic mass is 9.94. The second kappa shape index (κ2) is 13.5. The molecule has 0 aliphatic carbocycles. The van der Waals surface area contributed by atoms with Gasteiger partial charge in [0.15, 0.2) is 6.54 Å². The summed E-state index contributed by atoms with van der Waals surface area (Å²) >= 11 is 18.9. The van der Waals surface area contributed by atoms with Gasteiger partial charge in [-0.05, 0) is 101 Å². The first-order chi connectivity index (χ1) is 21.2. The van der Waals surface area contributed by atoms with Crippen LogP contribution in [0.2, 0.25) is 10.0 Å². The van der Waals surface area contributed by atoms with E-state index < -0.39 is 0 Å². The number of hydrogen-bond acceptors (Lipinski definition) is 3. The van der Waals surface area contributed by atoms with Crippen molar-refractivity contribution in [1.82, 2.24) is 15.0 Å². The monoisotopic (exact) mass is 756 g/mol. The number of halogens is 4. The van der Waals surface area contributed by atoms with Gasteiger partial charge in [0.05, 0.1) is 0 Å². The number of aromatic amines is 2. The predicted molar refractivity (Wildman–Crippen MR) is 187 cm³/mol. The Morgan fingerprint density at radius 3 is 2.23 bits per heavy atom. The van der Waals surface area contributed by atoms with Gasteiger partial charge in [-0.15, -0.1) is 0 Å². The van der Waals surface area contributed by atoms with Gasteiger partial charge in [-0.2, -0.15) is 5.06 Å². The Balaban J connectivity index is 0.000000174. The van der Waals surface area contributed by atoms with Gasteiger partial charge in [-0.1, -0.05) is 67.2 Å². The molecule has 0 radical (unpaired) electrons. The first kappa shape index (κ1) is 30.9. The van der Waals surface area contributed by atoms with E-state index in [0.717, 1.165) is 49.6 Å². The van der Waals surface area contributed by atoms with Gasteiger partial charge in [-0.3, -0.25) is 5.21 Å². The highest BCUT2D eigenvalue weighted by atomic mass is 79.9. The number of nitrogens with one attached hydrogen (secondary N) is 2. The molecule has 6 nitrogen and oxygen atoms in total. The van der Waals surface area contributed by atoms with Crippen LogP contribution in [0.25, 0.3) is 21.8 Å². The molecule has 1 atom stereocenters. The Hall–Kier alpha value is -3.11. The van der Waals surface area contributed by atoms with Crippen LogP contribution < -0.4 is 0 Å². The number of rotatable bonds is 5. The van der Waals surface area contributed by atoms with Gasteiger partial charge in [0.1, 0.15) is 6.04 Å². The minimum atomic E-state index is -0.188. The summed E-state index contributed by atoms with van der Waals surface area (Å²) in [6.45, 7) is 1.13. The van der Waals surface area contributed by atoms with Gasteiger partial charge >= 0.3 is 0 Å². The van der Waals surface area contributed by atoms with Crippen LogP contribution in [0.1, 0.15) is 35.4 Å². The van der Waals surface area contributed by atoms with Gasteiger partial charge in [-0.25, -0.2) is 0 Å². The molecule has 0 saturated carbocycles. The SMILES string of the molecule is O/[N+](=C\c1ccc(Cl)cc1)CCc1c[nH]c2ccc(Br)cc12.ON1CCc2c([nH]c3ccc(Br)cc23)[C@@H]1c1ccc(Cl)cc1.[2HH]. The van der Waals surface area contributed by atoms with Crippen molar-refractivity contribution in [2.24, 2.45) is 0 Å². The Morgan fingerprint density at radius 1 is 0.886 bits per heavy atom. The van der Waals surface area contributed by atoms with Crippen molar-refractivity contribution in [2.75, 3.05) is 13.1 Å². The second-order valence-corrected chi connectivity index (χ2v) is 13.4. The van der Waals surface area contributed by atoms with Crippen molar-refractivity contribution >= 4 is 83.1 Å². The third-order valence-corrected chi connectivity index (χ3v) is 9.25. The van der Waals surface area contributed by atoms with Crippen LogP contribution in [0, 0.1) is 0 Å². The average molecular weight is 759 g/mol. The largest absolute Gasteiger partial charge is 0.361 e. The molecule has 4 aromatic carbocycles. The fraction of sp³-hybridized carbons (Fsp3) is 0.147. The molecule has 4 N–H and O–H groups in total. The topological polar surface area (TPSA) is 78.3 Å². The lowest BCUT2D eigenvalue weighted by Crippen LogP contribution is -2.33. The smallest absolute Gasteiger partial charge is 0.222 e. The minimum Gasteiger partial charge on any atom is -0.361 e. The van der Waals surface area contributed by atoms with E-state index in [9.17, 15) is 10.4 Å². The maximum absolute atomic E-state index is 10.4. The van der Waals surface area contributed by atoms with E-state index in [0.29, 0.717) is 23.1 Å². The fourth-order valence-corrected chi connectivity index (χ4v) is 6.58. The summed E-state index contributed by atoms with van der Waals surface area (Å²) in [5.74, 6) is 0. The molecule has 1 aliphatic rings. The third kappa shape index (κ3) is 6.91. The minimum absolute atomic E-state index is 0. The molecule has 6 aromatic rings. The number of H-pyrrole nitrogens is 2. The zero-order valence-corrected chi connectivity index (χ0v) is 28.1. The van der Waals surface area contributed by atoms with Crippen LogP contribution in [0.5, 0.6) is 0 Å². The third-order valence-electron chi connectivity index (χ3n) is 7.76. The van der Waals surface area contributed by atoms with Crippen LogP contribution in [0.15, 0.2) is 100 Å². The van der Waals surface area contributed by atoms with Crippen molar-refractivity contribution in [3.63, 3.8) is 0 Å². The van der Waals surface area contributed by atoms with Gasteiger partial charge < -0.3 is 15.2 Å². The summed E-state index contributed by atoms with van der Waals surface area (Å²) in [6, 6.07) is 27.2. The molecule has 1 aliphatic heterocycles. The Bertz CT molecular complexity index is 1960. The molecule has 3 heterocycles. The van der Waals surface area contributed by atoms with Gasteiger partial charge in [0.2, 0.25) is 6.21 Å². The van der Waals surface area contributed by atoms with E-state index in [1.54, 1.807) is 18.3 Å². The molecule has 226 valence electrons. The number of hydroxylamine groups is 3. The summed E-state index contributed by atoms with van der Waals surface area (Å²) < 4.78 is 3.32. The van der Waals surface area contributed by atoms with Crippen LogP contribution in [0.3, 0.4) is 0 Å². The van der Waals surface area contributed by atoms with Crippen LogP contribution >= 0.6 is 55.1 Å². The van der Waals surface area contributed by atoms with Gasteiger partial charge in [0.25, 0.3) is 0 Å². The highest BCUT2D eigenvalue weighted by Gasteiger charge is 2.31. The van der Waals surface area contributed by atoms with Crippen LogP contribution in [-0.2, 0) is 12.8 Å². The van der Waals surface area contributed by atoms with Crippen molar-refractivity contribution in [1.29, 1.82) is 0 Å². The molecule has 0 spiro atoms. The summed E-state index contributed by atoms with van der Waals surface area (Å²) in [6.07, 6.45) is 5.26. The zero-order chi connectivity index (χ0) is 30.8. The number of aromatic nitrogens is 2. The summed E-state index contributed by atoms with van der Waals surface area (Å²) in [7, 11) is 0. The maximum atomic E-state index is 10.4. The predicted octanol–water partition coefficient (Wildman–Crippen LogP) is 9.81. The summed E-state index contributed by atoms with van der Waals surface area (Å²) in [5.41, 5.74) is 7.66. The summed E-state index contributed by atoms with van der Waals surface area (Å²) in [5, 5.41) is 25.6. The lowest BCUT2D eigenvalue weighted by Gasteiger charge is -2.31. The average Bonchev–Trinajstić information content (AvgIpc) is 3.58. The van der Waals surface area contributed by atoms with Crippen LogP contribution in [-0.4, -0.2) is 49.5 Å². The standard InChI is InChI=1S/C17H14BrClN2O.C17H15BrClN2O.H2/c18-11-3-6-15-14(9-11)13-7-8-21(22)17(16(13)20-15)10-1-4-12(19)5-2-10;18-14-3-6-17-16(9-14)13(10-20-17)7-8-21(22)11-12-1-4-15(19)5-2-12;/h1-6,9,17,20,22H,7-8H2;1-6,9-11,20,22H,7-8H2;1H/q;+1;/b;21-11-;/t17-;;/m0../s1/i;;1+1. The maximum Gasteiger partial charge on any atom is 0.222 e. The van der Waals surface area contributed by atoms with E-state index >= 15 is 0 Å². The first-order valence-corrected chi connectivity index (χ1v) is 16.4. The van der Waals surface area contributed by atoms with E-state index in [2.05, 4.69) is 60.0 Å². The Labute approximate surface area is 283 Å². The van der Waals surface area contributed by atoms with E-state index in [-0.39, 0.29) is 7.47 Å². The molecule has 10 heteroatoms. The quantitative estimate of drug-likeness (QED) is 0.0612. The van der Waals surface area contributed by atoms with E-state index in [4.69, 9.17) is 23.2 Å². The number of benzene rings is 4. The van der Waals surface area contributed by atoms with E-state index in [1.807, 2.05) is 60.8 Å². The second-order valence-electron chi connectivity index (χ2n) is 10.7. The molecular formula is C34H31Br2Cl2N4O2+. The van der Waals surface area contributed by atoms with Crippen molar-refractivity contribution in [3.8, 4) is 0 Å². The fourth-order valence-electron chi connectivity index (χ4n) is 5.61. The molecule has 0 amide bonds. The molecule has 0 unspecified atom stereocenters. The number of hydrogen-bond donors (Lipinski definition) is 4. The number of nitrogens with zero attached hydrogens (tertiary/aromatic N) is 2. The molecule has 0 fully saturated rings. The Kier molecular flexibility index (Phi) is 9.47. The highest BCUT2D eigenvalue weighted by Crippen LogP contribution is 2.38. The van der Waals surface area contributed by atoms with Crippen LogP contribution in [0.4, 0.5) is 0 Å². The molecule has 44 heavy (non-hydrogen) atoms. The number of fused-ring (bicyclic) bond motifs is 4. The molecule has 2 aromatic heterocycles. The zero-order valence-electron chi connectivity index (χ0n) is 23.4. The van der Waals surface area contributed by atoms with Crippen molar-refractivity contribution in [2.45, 2.75) is 18.9 Å². The Morgan fingerprint density at radius 2 is 1.52 bits per heavy atom. The molecular weight excluding hydrogens is 727 g/mol. The van der Waals surface area contributed by atoms with Gasteiger partial charge in [0, 0.05) is 72.6 Å². The summed E-state index contributed by atoms with van der Waals surface area (Å²) in [4.78, 5) is 6.73. The normalized spacial score (nSPS) is 15.3.